The van der Waals surface area contributed by atoms with Gasteiger partial charge in [-0.05, 0) is 19.1 Å². The standard InChI is InChI=1S/C13H11N3O3S/c1-8-7-20-12(14-8)15-11(17)6-16-9-4-2-3-5-10(9)19-13(16)18/h2-5,7H,6H2,1H3,(H,14,15,17). The van der Waals surface area contributed by atoms with E-state index in [0.29, 0.717) is 16.2 Å². The predicted octanol–water partition coefficient (Wildman–Crippen LogP) is 2.00. The molecule has 0 spiro atoms. The maximum absolute atomic E-state index is 11.9. The van der Waals surface area contributed by atoms with Crippen LogP contribution in [0.15, 0.2) is 38.9 Å². The molecule has 7 heteroatoms. The molecule has 0 atom stereocenters. The average Bonchev–Trinajstić information content (AvgIpc) is 2.94. The Hall–Kier alpha value is -2.41. The zero-order chi connectivity index (χ0) is 14.1. The number of nitrogens with one attached hydrogen (secondary N) is 1. The molecule has 6 nitrogen and oxygen atoms in total. The van der Waals surface area contributed by atoms with Crippen LogP contribution in [0, 0.1) is 6.92 Å². The number of rotatable bonds is 3. The molecule has 0 bridgehead atoms. The van der Waals surface area contributed by atoms with Gasteiger partial charge in [-0.1, -0.05) is 12.1 Å². The van der Waals surface area contributed by atoms with Crippen LogP contribution in [0.5, 0.6) is 0 Å². The van der Waals surface area contributed by atoms with Gasteiger partial charge >= 0.3 is 5.76 Å². The number of hydrogen-bond acceptors (Lipinski definition) is 5. The van der Waals surface area contributed by atoms with E-state index in [1.807, 2.05) is 12.3 Å². The van der Waals surface area contributed by atoms with Gasteiger partial charge in [-0.15, -0.1) is 11.3 Å². The molecule has 0 fully saturated rings. The van der Waals surface area contributed by atoms with Crippen LogP contribution in [-0.2, 0) is 11.3 Å². The van der Waals surface area contributed by atoms with Gasteiger partial charge in [0, 0.05) is 5.38 Å². The molecule has 1 N–H and O–H groups in total. The molecule has 102 valence electrons. The van der Waals surface area contributed by atoms with Crippen molar-refractivity contribution in [2.75, 3.05) is 5.32 Å². The summed E-state index contributed by atoms with van der Waals surface area (Å²) >= 11 is 1.34. The number of aryl methyl sites for hydroxylation is 1. The van der Waals surface area contributed by atoms with Gasteiger partial charge in [-0.3, -0.25) is 9.36 Å². The molecule has 20 heavy (non-hydrogen) atoms. The van der Waals surface area contributed by atoms with Gasteiger partial charge in [0.2, 0.25) is 5.91 Å². The highest BCUT2D eigenvalue weighted by atomic mass is 32.1. The number of fused-ring (bicyclic) bond motifs is 1. The topological polar surface area (TPSA) is 77.1 Å². The van der Waals surface area contributed by atoms with Crippen LogP contribution in [0.2, 0.25) is 0 Å². The van der Waals surface area contributed by atoms with E-state index in [4.69, 9.17) is 4.42 Å². The Bertz CT molecular complexity index is 831. The summed E-state index contributed by atoms with van der Waals surface area (Å²) < 4.78 is 6.37. The van der Waals surface area contributed by atoms with Crippen LogP contribution in [0.3, 0.4) is 0 Å². The molecule has 2 heterocycles. The molecule has 0 saturated carbocycles. The molecule has 0 radical (unpaired) electrons. The van der Waals surface area contributed by atoms with Crippen LogP contribution in [0.4, 0.5) is 5.13 Å². The molecule has 1 aromatic carbocycles. The molecular weight excluding hydrogens is 278 g/mol. The molecule has 1 amide bonds. The fourth-order valence-electron chi connectivity index (χ4n) is 1.88. The first-order chi connectivity index (χ1) is 9.63. The zero-order valence-electron chi connectivity index (χ0n) is 10.6. The minimum absolute atomic E-state index is 0.103. The van der Waals surface area contributed by atoms with Gasteiger partial charge in [0.05, 0.1) is 11.2 Å². The number of carbonyl (C=O) groups is 1. The molecule has 3 rings (SSSR count). The number of carbonyl (C=O) groups excluding carboxylic acids is 1. The summed E-state index contributed by atoms with van der Waals surface area (Å²) in [6.07, 6.45) is 0. The number of aromatic nitrogens is 2. The fourth-order valence-corrected chi connectivity index (χ4v) is 2.58. The predicted molar refractivity (Wildman–Crippen MR) is 76.0 cm³/mol. The molecule has 0 saturated heterocycles. The molecule has 0 aliphatic heterocycles. The summed E-state index contributed by atoms with van der Waals surface area (Å²) in [5.41, 5.74) is 1.91. The van der Waals surface area contributed by atoms with Gasteiger partial charge < -0.3 is 9.73 Å². The third kappa shape index (κ3) is 2.35. The highest BCUT2D eigenvalue weighted by Crippen LogP contribution is 2.15. The number of hydrogen-bond donors (Lipinski definition) is 1. The second kappa shape index (κ2) is 4.93. The summed E-state index contributed by atoms with van der Waals surface area (Å²) in [5.74, 6) is -0.857. The summed E-state index contributed by atoms with van der Waals surface area (Å²) in [6, 6.07) is 6.99. The van der Waals surface area contributed by atoms with Crippen molar-refractivity contribution >= 4 is 33.5 Å². The van der Waals surface area contributed by atoms with Gasteiger partial charge in [-0.2, -0.15) is 0 Å². The van der Waals surface area contributed by atoms with E-state index in [0.717, 1.165) is 5.69 Å². The molecule has 0 aliphatic rings. The Morgan fingerprint density at radius 1 is 1.45 bits per heavy atom. The summed E-state index contributed by atoms with van der Waals surface area (Å²) in [6.45, 7) is 1.74. The smallest absolute Gasteiger partial charge is 0.408 e. The second-order valence-electron chi connectivity index (χ2n) is 4.26. The Kier molecular flexibility index (Phi) is 3.11. The normalized spacial score (nSPS) is 10.8. The van der Waals surface area contributed by atoms with E-state index >= 15 is 0 Å². The number of para-hydroxylation sites is 2. The maximum Gasteiger partial charge on any atom is 0.420 e. The van der Waals surface area contributed by atoms with Crippen LogP contribution in [-0.4, -0.2) is 15.5 Å². The van der Waals surface area contributed by atoms with Gasteiger partial charge in [-0.25, -0.2) is 9.78 Å². The van der Waals surface area contributed by atoms with Gasteiger partial charge in [0.25, 0.3) is 0 Å². The van der Waals surface area contributed by atoms with E-state index in [2.05, 4.69) is 10.3 Å². The summed E-state index contributed by atoms with van der Waals surface area (Å²) in [7, 11) is 0. The number of nitrogens with zero attached hydrogens (tertiary/aromatic N) is 2. The van der Waals surface area contributed by atoms with E-state index in [1.54, 1.807) is 24.3 Å². The fraction of sp³-hybridized carbons (Fsp3) is 0.154. The summed E-state index contributed by atoms with van der Waals surface area (Å²) in [4.78, 5) is 27.8. The third-order valence-electron chi connectivity index (χ3n) is 2.74. The lowest BCUT2D eigenvalue weighted by molar-refractivity contribution is -0.116. The molecule has 3 aromatic rings. The van der Waals surface area contributed by atoms with E-state index in [9.17, 15) is 9.59 Å². The van der Waals surface area contributed by atoms with Crippen molar-refractivity contribution in [3.05, 3.63) is 45.9 Å². The highest BCUT2D eigenvalue weighted by molar-refractivity contribution is 7.13. The lowest BCUT2D eigenvalue weighted by Crippen LogP contribution is -2.24. The summed E-state index contributed by atoms with van der Waals surface area (Å²) in [5, 5.41) is 5.02. The largest absolute Gasteiger partial charge is 0.420 e. The number of anilines is 1. The van der Waals surface area contributed by atoms with Gasteiger partial charge in [0.1, 0.15) is 6.54 Å². The van der Waals surface area contributed by atoms with Crippen LogP contribution in [0.25, 0.3) is 11.1 Å². The van der Waals surface area contributed by atoms with Crippen LogP contribution in [0.1, 0.15) is 5.69 Å². The third-order valence-corrected chi connectivity index (χ3v) is 3.62. The van der Waals surface area contributed by atoms with Crippen molar-refractivity contribution < 1.29 is 9.21 Å². The second-order valence-corrected chi connectivity index (χ2v) is 5.12. The van der Waals surface area contributed by atoms with Crippen molar-refractivity contribution in [2.45, 2.75) is 13.5 Å². The molecule has 0 aliphatic carbocycles. The number of benzene rings is 1. The number of thiazole rings is 1. The lowest BCUT2D eigenvalue weighted by Gasteiger charge is -2.02. The zero-order valence-corrected chi connectivity index (χ0v) is 11.4. The van der Waals surface area contributed by atoms with Crippen molar-refractivity contribution in [2.24, 2.45) is 0 Å². The number of oxazole rings is 1. The first kappa shape index (κ1) is 12.6. The Labute approximate surface area is 117 Å². The SMILES string of the molecule is Cc1csc(NC(=O)Cn2c(=O)oc3ccccc32)n1. The molecule has 0 unspecified atom stereocenters. The highest BCUT2D eigenvalue weighted by Gasteiger charge is 2.13. The number of amides is 1. The lowest BCUT2D eigenvalue weighted by atomic mass is 10.3. The van der Waals surface area contributed by atoms with E-state index in [1.165, 1.54) is 15.9 Å². The quantitative estimate of drug-likeness (QED) is 0.800. The Balaban J connectivity index is 1.84. The van der Waals surface area contributed by atoms with E-state index < -0.39 is 5.76 Å². The van der Waals surface area contributed by atoms with E-state index in [-0.39, 0.29) is 12.5 Å². The minimum Gasteiger partial charge on any atom is -0.408 e. The van der Waals surface area contributed by atoms with Crippen molar-refractivity contribution in [1.82, 2.24) is 9.55 Å². The maximum atomic E-state index is 11.9. The molecule has 2 aromatic heterocycles. The van der Waals surface area contributed by atoms with Crippen molar-refractivity contribution in [1.29, 1.82) is 0 Å². The first-order valence-corrected chi connectivity index (χ1v) is 6.82. The van der Waals surface area contributed by atoms with Crippen molar-refractivity contribution in [3.8, 4) is 0 Å². The van der Waals surface area contributed by atoms with Crippen molar-refractivity contribution in [3.63, 3.8) is 0 Å². The van der Waals surface area contributed by atoms with Crippen LogP contribution < -0.4 is 11.1 Å². The minimum atomic E-state index is -0.545. The Morgan fingerprint density at radius 2 is 2.25 bits per heavy atom. The van der Waals surface area contributed by atoms with Gasteiger partial charge in [0.15, 0.2) is 10.7 Å². The Morgan fingerprint density at radius 3 is 3.00 bits per heavy atom. The monoisotopic (exact) mass is 289 g/mol. The van der Waals surface area contributed by atoms with Crippen LogP contribution >= 0.6 is 11.3 Å². The molecular formula is C13H11N3O3S. The average molecular weight is 289 g/mol. The first-order valence-electron chi connectivity index (χ1n) is 5.94.